The minimum absolute atomic E-state index is 0.0165. The third-order valence-electron chi connectivity index (χ3n) is 4.44. The van der Waals surface area contributed by atoms with Crippen molar-refractivity contribution in [1.29, 1.82) is 0 Å². The molecule has 2 aliphatic rings. The Kier molecular flexibility index (Phi) is 6.35. The molecule has 12 heteroatoms. The van der Waals surface area contributed by atoms with Crippen LogP contribution in [-0.2, 0) is 9.47 Å². The van der Waals surface area contributed by atoms with Crippen LogP contribution >= 0.6 is 10.6 Å². The fourth-order valence-corrected chi connectivity index (χ4v) is 4.01. The maximum absolute atomic E-state index is 14.7. The Bertz CT molecular complexity index is 882. The number of hydrogen-bond donors (Lipinski definition) is 3. The van der Waals surface area contributed by atoms with Gasteiger partial charge in [0.2, 0.25) is 0 Å². The zero-order valence-corrected chi connectivity index (χ0v) is 18.1. The summed E-state index contributed by atoms with van der Waals surface area (Å²) in [7, 11) is -2.88. The highest BCUT2D eigenvalue weighted by atomic mass is 32.3. The highest BCUT2D eigenvalue weighted by Gasteiger charge is 2.34. The van der Waals surface area contributed by atoms with Crippen LogP contribution in [0.4, 0.5) is 29.7 Å². The average Bonchev–Trinajstić information content (AvgIpc) is 3.00. The van der Waals surface area contributed by atoms with Gasteiger partial charge in [0, 0.05) is 30.3 Å². The number of benzene rings is 1. The molecule has 1 atom stereocenters. The zero-order chi connectivity index (χ0) is 23.0. The van der Waals surface area contributed by atoms with E-state index in [0.29, 0.717) is 0 Å². The molecule has 2 heterocycles. The lowest BCUT2D eigenvalue weighted by molar-refractivity contribution is 0.0496. The van der Waals surface area contributed by atoms with Crippen molar-refractivity contribution in [2.75, 3.05) is 35.2 Å². The number of ether oxygens (including phenoxy) is 2. The fourth-order valence-electron chi connectivity index (χ4n) is 3.06. The van der Waals surface area contributed by atoms with E-state index in [1.54, 1.807) is 20.8 Å². The predicted molar refractivity (Wildman–Crippen MR) is 112 cm³/mol. The molecule has 1 fully saturated rings. The standard InChI is InChI=1S/C19H25F2N3O6S/c1-19(2,3)30-17(25)22-10-13-11-24(18(26)29-13)12-8-14(20)16(15(21)9-12)23-4-6-31(27,28)7-5-23/h4,6,8-9,13,27-28H,5,7,10-11H2,1-3H3,(H,22,25). The Balaban J connectivity index is 1.68. The van der Waals surface area contributed by atoms with Crippen molar-refractivity contribution in [3.05, 3.63) is 35.4 Å². The summed E-state index contributed by atoms with van der Waals surface area (Å²) >= 11 is 0. The quantitative estimate of drug-likeness (QED) is 0.624. The summed E-state index contributed by atoms with van der Waals surface area (Å²) in [6.07, 6.45) is -0.965. The summed E-state index contributed by atoms with van der Waals surface area (Å²) < 4.78 is 58.8. The van der Waals surface area contributed by atoms with Gasteiger partial charge in [-0.3, -0.25) is 14.0 Å². The smallest absolute Gasteiger partial charge is 0.414 e. The zero-order valence-electron chi connectivity index (χ0n) is 17.3. The number of carbonyl (C=O) groups is 2. The first-order valence-electron chi connectivity index (χ1n) is 9.49. The number of hydrogen-bond acceptors (Lipinski definition) is 7. The van der Waals surface area contributed by atoms with E-state index in [0.717, 1.165) is 22.4 Å². The van der Waals surface area contributed by atoms with E-state index >= 15 is 0 Å². The molecule has 172 valence electrons. The summed E-state index contributed by atoms with van der Waals surface area (Å²) in [6, 6.07) is 2.01. The van der Waals surface area contributed by atoms with Crippen molar-refractivity contribution in [2.24, 2.45) is 0 Å². The van der Waals surface area contributed by atoms with Crippen LogP contribution in [0.15, 0.2) is 23.7 Å². The third kappa shape index (κ3) is 5.77. The highest BCUT2D eigenvalue weighted by molar-refractivity contribution is 8.26. The van der Waals surface area contributed by atoms with E-state index in [2.05, 4.69) is 5.32 Å². The van der Waals surface area contributed by atoms with Gasteiger partial charge in [0.15, 0.2) is 11.6 Å². The van der Waals surface area contributed by atoms with Crippen molar-refractivity contribution in [2.45, 2.75) is 32.5 Å². The summed E-state index contributed by atoms with van der Waals surface area (Å²) in [5.41, 5.74) is -1.07. The lowest BCUT2D eigenvalue weighted by Crippen LogP contribution is -2.38. The Morgan fingerprint density at radius 1 is 1.32 bits per heavy atom. The Labute approximate surface area is 179 Å². The first kappa shape index (κ1) is 23.1. The largest absolute Gasteiger partial charge is 0.444 e. The van der Waals surface area contributed by atoms with Crippen molar-refractivity contribution in [1.82, 2.24) is 5.32 Å². The second kappa shape index (κ2) is 8.52. The number of amides is 2. The molecule has 9 nitrogen and oxygen atoms in total. The molecule has 1 saturated heterocycles. The highest BCUT2D eigenvalue weighted by Crippen LogP contribution is 2.43. The molecule has 1 aromatic carbocycles. The summed E-state index contributed by atoms with van der Waals surface area (Å²) in [6.45, 7) is 5.11. The van der Waals surface area contributed by atoms with Crippen molar-refractivity contribution in [3.8, 4) is 0 Å². The molecule has 0 aromatic heterocycles. The number of anilines is 2. The van der Waals surface area contributed by atoms with Gasteiger partial charge in [-0.25, -0.2) is 18.4 Å². The van der Waals surface area contributed by atoms with Gasteiger partial charge in [0.1, 0.15) is 17.4 Å². The maximum atomic E-state index is 14.7. The summed E-state index contributed by atoms with van der Waals surface area (Å²) in [4.78, 5) is 26.2. The monoisotopic (exact) mass is 461 g/mol. The van der Waals surface area contributed by atoms with Gasteiger partial charge in [-0.05, 0) is 20.8 Å². The van der Waals surface area contributed by atoms with E-state index in [-0.39, 0.29) is 36.8 Å². The summed E-state index contributed by atoms with van der Waals surface area (Å²) in [5.74, 6) is -1.88. The topological polar surface area (TPSA) is 112 Å². The van der Waals surface area contributed by atoms with Crippen LogP contribution in [0.1, 0.15) is 20.8 Å². The maximum Gasteiger partial charge on any atom is 0.414 e. The minimum atomic E-state index is -2.88. The number of carbonyl (C=O) groups excluding carboxylic acids is 2. The molecule has 2 aliphatic heterocycles. The van der Waals surface area contributed by atoms with Gasteiger partial charge < -0.3 is 19.7 Å². The summed E-state index contributed by atoms with van der Waals surface area (Å²) in [5, 5.41) is 3.60. The molecule has 2 amide bonds. The van der Waals surface area contributed by atoms with Crippen LogP contribution in [0.2, 0.25) is 0 Å². The molecule has 0 radical (unpaired) electrons. The van der Waals surface area contributed by atoms with Crippen molar-refractivity contribution in [3.63, 3.8) is 0 Å². The number of alkyl carbamates (subject to hydrolysis) is 1. The SMILES string of the molecule is CC(C)(C)OC(=O)NCC1CN(c2cc(F)c(N3C=CS(O)(O)CC3)c(F)c2)C(=O)O1. The van der Waals surface area contributed by atoms with Gasteiger partial charge in [0.25, 0.3) is 0 Å². The van der Waals surface area contributed by atoms with Gasteiger partial charge in [-0.1, -0.05) is 0 Å². The van der Waals surface area contributed by atoms with Crippen molar-refractivity contribution >= 4 is 34.2 Å². The van der Waals surface area contributed by atoms with E-state index in [1.807, 2.05) is 0 Å². The first-order chi connectivity index (χ1) is 14.3. The minimum Gasteiger partial charge on any atom is -0.444 e. The normalized spacial score (nSPS) is 21.6. The second-order valence-electron chi connectivity index (χ2n) is 8.16. The van der Waals surface area contributed by atoms with E-state index in [9.17, 15) is 27.5 Å². The van der Waals surface area contributed by atoms with Crippen LogP contribution in [0.25, 0.3) is 0 Å². The van der Waals surface area contributed by atoms with E-state index in [1.165, 1.54) is 11.1 Å². The van der Waals surface area contributed by atoms with Crippen LogP contribution in [0, 0.1) is 11.6 Å². The van der Waals surface area contributed by atoms with Crippen LogP contribution in [-0.4, -0.2) is 58.4 Å². The number of nitrogens with zero attached hydrogens (tertiary/aromatic N) is 2. The van der Waals surface area contributed by atoms with E-state index < -0.39 is 46.1 Å². The van der Waals surface area contributed by atoms with Crippen molar-refractivity contribution < 1.29 is 36.9 Å². The molecular weight excluding hydrogens is 436 g/mol. The molecule has 31 heavy (non-hydrogen) atoms. The number of rotatable bonds is 4. The Morgan fingerprint density at radius 3 is 2.52 bits per heavy atom. The molecule has 3 rings (SSSR count). The number of nitrogens with one attached hydrogen (secondary N) is 1. The number of halogens is 2. The second-order valence-corrected chi connectivity index (χ2v) is 10.3. The van der Waals surface area contributed by atoms with Gasteiger partial charge >= 0.3 is 12.2 Å². The van der Waals surface area contributed by atoms with Crippen LogP contribution in [0.3, 0.4) is 0 Å². The fraction of sp³-hybridized carbons (Fsp3) is 0.474. The van der Waals surface area contributed by atoms with Crippen LogP contribution < -0.4 is 15.1 Å². The molecule has 0 aliphatic carbocycles. The lowest BCUT2D eigenvalue weighted by Gasteiger charge is -2.36. The molecular formula is C19H25F2N3O6S. The van der Waals surface area contributed by atoms with Gasteiger partial charge in [0.05, 0.1) is 24.5 Å². The number of cyclic esters (lactones) is 1. The molecule has 1 unspecified atom stereocenters. The first-order valence-corrected chi connectivity index (χ1v) is 11.3. The molecule has 1 aromatic rings. The van der Waals surface area contributed by atoms with E-state index in [4.69, 9.17) is 9.47 Å². The van der Waals surface area contributed by atoms with Gasteiger partial charge in [-0.2, -0.15) is 10.6 Å². The molecule has 3 N–H and O–H groups in total. The molecule has 0 spiro atoms. The van der Waals surface area contributed by atoms with Crippen LogP contribution in [0.5, 0.6) is 0 Å². The predicted octanol–water partition coefficient (Wildman–Crippen LogP) is 3.86. The van der Waals surface area contributed by atoms with Gasteiger partial charge in [-0.15, -0.1) is 0 Å². The Hall–Kier alpha value is -2.57. The third-order valence-corrected chi connectivity index (χ3v) is 5.78. The average molecular weight is 461 g/mol. The molecule has 0 bridgehead atoms. The lowest BCUT2D eigenvalue weighted by atomic mass is 10.2. The Morgan fingerprint density at radius 2 is 1.97 bits per heavy atom. The molecule has 0 saturated carbocycles.